The molecular weight excluding hydrogens is 705 g/mol. The molecule has 3 aromatic rings. The molecule has 3 aromatic carbocycles. The Labute approximate surface area is 344 Å². The minimum absolute atomic E-state index is 0. The molecule has 6 rings (SSSR count). The number of nitrogens with one attached hydrogen (secondary N) is 2. The number of allylic oxidation sites excluding steroid dienone is 6. The molecule has 2 aliphatic carbocycles. The summed E-state index contributed by atoms with van der Waals surface area (Å²) in [5, 5.41) is 0. The third-order valence-corrected chi connectivity index (χ3v) is 11.8. The number of nitrogens with zero attached hydrogens (tertiary/aromatic N) is 1. The number of benzene rings is 3. The summed E-state index contributed by atoms with van der Waals surface area (Å²) >= 11 is 0. The van der Waals surface area contributed by atoms with E-state index in [4.69, 9.17) is 16.8 Å². The molecule has 3 aliphatic rings. The molecule has 1 heterocycles. The smallest absolute Gasteiger partial charge is 0.261 e. The average molecular weight is 775 g/mol. The van der Waals surface area contributed by atoms with Gasteiger partial charge in [-0.2, -0.15) is 0 Å². The summed E-state index contributed by atoms with van der Waals surface area (Å²) in [7, 11) is 0. The molecule has 0 spiro atoms. The topological polar surface area (TPSA) is 143 Å². The van der Waals surface area contributed by atoms with Gasteiger partial charge in [-0.15, -0.1) is 0 Å². The van der Waals surface area contributed by atoms with Crippen molar-refractivity contribution in [3.05, 3.63) is 141 Å². The van der Waals surface area contributed by atoms with Crippen molar-refractivity contribution >= 4 is 24.0 Å². The number of rotatable bonds is 11. The predicted molar refractivity (Wildman–Crippen MR) is 239 cm³/mol. The van der Waals surface area contributed by atoms with Crippen LogP contribution in [-0.2, 0) is 12.8 Å². The lowest BCUT2D eigenvalue weighted by atomic mass is 9.72. The van der Waals surface area contributed by atoms with Crippen LogP contribution in [0.2, 0.25) is 0 Å². The maximum atomic E-state index is 12.7. The normalized spacial score (nSPS) is 18.4. The molecule has 0 saturated carbocycles. The molecular formula is C50H70N4O3. The van der Waals surface area contributed by atoms with Crippen LogP contribution in [-0.4, -0.2) is 35.3 Å². The second-order valence-corrected chi connectivity index (χ2v) is 17.6. The SMILES string of the molecule is CC1=C(/C=C/c2cccc(CC(C)CN)c2)C(C)(C)CCC1.CC1=C(/C=C/c2cccc(CC(C)CN3C(=O)c4ccccc4C3=O)c2)C(C)(C)CCC1.N=N.O.[HH]. The van der Waals surface area contributed by atoms with E-state index in [2.05, 4.69) is 128 Å². The summed E-state index contributed by atoms with van der Waals surface area (Å²) in [5.74, 6) is 0.376. The predicted octanol–water partition coefficient (Wildman–Crippen LogP) is 12.1. The number of carbonyl (C=O) groups excluding carboxylic acids is 2. The summed E-state index contributed by atoms with van der Waals surface area (Å²) in [6.45, 7) is 19.5. The van der Waals surface area contributed by atoms with Crippen molar-refractivity contribution in [3.63, 3.8) is 0 Å². The van der Waals surface area contributed by atoms with E-state index >= 15 is 0 Å². The van der Waals surface area contributed by atoms with E-state index in [1.54, 1.807) is 17.7 Å². The molecule has 0 aromatic heterocycles. The van der Waals surface area contributed by atoms with Crippen LogP contribution in [0.15, 0.2) is 107 Å². The summed E-state index contributed by atoms with van der Waals surface area (Å²) in [4.78, 5) is 26.7. The lowest BCUT2D eigenvalue weighted by molar-refractivity contribution is 0.0632. The highest BCUT2D eigenvalue weighted by Gasteiger charge is 2.35. The second-order valence-electron chi connectivity index (χ2n) is 17.6. The standard InChI is InChI=1S/C29H33NO2.C21H31N.H2N2.H2O.H2/c1-20(19-30-27(31)24-12-5-6-13-25(24)28(30)32)17-23-11-7-10-22(18-23)14-15-26-21(2)9-8-16-29(26,3)4;1-16(15-22)13-19-9-5-8-18(14-19)10-11-20-17(2)7-6-12-21(20,3)4;1-2;;/h5-7,10-15,18,20H,8-9,16-17,19H2,1-4H3;5,8-11,14,16H,6-7,12-13,15,22H2,1-4H3;1-2H;1H2;1H/b15-14+;11-10+;;;. The molecule has 0 fully saturated rings. The molecule has 1 aliphatic heterocycles. The largest absolute Gasteiger partial charge is 0.412 e. The van der Waals surface area contributed by atoms with Gasteiger partial charge in [0.25, 0.3) is 11.8 Å². The number of amides is 2. The molecule has 7 heteroatoms. The lowest BCUT2D eigenvalue weighted by Gasteiger charge is -2.32. The van der Waals surface area contributed by atoms with Gasteiger partial charge in [-0.3, -0.25) is 14.5 Å². The number of fused-ring (bicyclic) bond motifs is 1. The summed E-state index contributed by atoms with van der Waals surface area (Å²) in [6.07, 6.45) is 18.6. The molecule has 2 unspecified atom stereocenters. The zero-order valence-corrected chi connectivity index (χ0v) is 35.8. The van der Waals surface area contributed by atoms with Gasteiger partial charge in [-0.05, 0) is 140 Å². The van der Waals surface area contributed by atoms with Crippen molar-refractivity contribution in [2.24, 2.45) is 28.4 Å². The van der Waals surface area contributed by atoms with Crippen LogP contribution in [0, 0.1) is 33.7 Å². The first-order valence-electron chi connectivity index (χ1n) is 20.5. The Morgan fingerprint density at radius 3 is 1.51 bits per heavy atom. The summed E-state index contributed by atoms with van der Waals surface area (Å²) in [5.41, 5.74) is 28.5. The van der Waals surface area contributed by atoms with Gasteiger partial charge in [0, 0.05) is 7.97 Å². The van der Waals surface area contributed by atoms with Gasteiger partial charge >= 0.3 is 0 Å². The van der Waals surface area contributed by atoms with E-state index in [1.165, 1.54) is 82.4 Å². The number of hydrogen-bond acceptors (Lipinski definition) is 5. The third-order valence-electron chi connectivity index (χ3n) is 11.8. The summed E-state index contributed by atoms with van der Waals surface area (Å²) in [6, 6.07) is 24.5. The van der Waals surface area contributed by atoms with Gasteiger partial charge in [-0.25, -0.2) is 11.1 Å². The van der Waals surface area contributed by atoms with E-state index in [0.29, 0.717) is 29.0 Å². The lowest BCUT2D eigenvalue weighted by Crippen LogP contribution is -2.34. The van der Waals surface area contributed by atoms with Gasteiger partial charge in [0.2, 0.25) is 0 Å². The molecule has 2 amide bonds. The van der Waals surface area contributed by atoms with Crippen molar-refractivity contribution in [1.82, 2.24) is 4.90 Å². The Bertz CT molecular complexity index is 1940. The zero-order valence-electron chi connectivity index (χ0n) is 35.8. The van der Waals surface area contributed by atoms with E-state index in [-0.39, 0.29) is 30.1 Å². The molecule has 0 saturated heterocycles. The van der Waals surface area contributed by atoms with Gasteiger partial charge in [-0.1, -0.05) is 138 Å². The van der Waals surface area contributed by atoms with E-state index in [0.717, 1.165) is 19.4 Å². The highest BCUT2D eigenvalue weighted by Crippen LogP contribution is 2.42. The first kappa shape index (κ1) is 46.7. The zero-order chi connectivity index (χ0) is 41.0. The van der Waals surface area contributed by atoms with E-state index in [1.807, 2.05) is 12.1 Å². The quantitative estimate of drug-likeness (QED) is 0.132. The van der Waals surface area contributed by atoms with Crippen LogP contribution < -0.4 is 5.73 Å². The van der Waals surface area contributed by atoms with E-state index in [9.17, 15) is 9.59 Å². The molecule has 0 radical (unpaired) electrons. The fraction of sp³-hybridized carbons (Fsp3) is 0.440. The maximum absolute atomic E-state index is 12.7. The maximum Gasteiger partial charge on any atom is 0.261 e. The van der Waals surface area contributed by atoms with Crippen LogP contribution in [0.4, 0.5) is 0 Å². The Morgan fingerprint density at radius 2 is 1.11 bits per heavy atom. The first-order valence-corrected chi connectivity index (χ1v) is 20.5. The second kappa shape index (κ2) is 21.2. The fourth-order valence-corrected chi connectivity index (χ4v) is 8.70. The van der Waals surface area contributed by atoms with Crippen LogP contribution in [0.3, 0.4) is 0 Å². The summed E-state index contributed by atoms with van der Waals surface area (Å²) < 4.78 is 0. The van der Waals surface area contributed by atoms with Crippen LogP contribution in [0.25, 0.3) is 12.2 Å². The number of nitrogens with two attached hydrogens (primary N) is 1. The fourth-order valence-electron chi connectivity index (χ4n) is 8.70. The number of imide groups is 1. The highest BCUT2D eigenvalue weighted by atomic mass is 16.2. The van der Waals surface area contributed by atoms with Gasteiger partial charge in [0.05, 0.1) is 11.1 Å². The van der Waals surface area contributed by atoms with Crippen molar-refractivity contribution in [2.45, 2.75) is 107 Å². The highest BCUT2D eigenvalue weighted by molar-refractivity contribution is 6.21. The van der Waals surface area contributed by atoms with Crippen molar-refractivity contribution in [2.75, 3.05) is 13.1 Å². The molecule has 2 atom stereocenters. The number of carbonyl (C=O) groups is 2. The van der Waals surface area contributed by atoms with Crippen LogP contribution in [0.5, 0.6) is 0 Å². The third kappa shape index (κ3) is 12.4. The van der Waals surface area contributed by atoms with Gasteiger partial charge in [0.1, 0.15) is 0 Å². The average Bonchev–Trinajstić information content (AvgIpc) is 3.40. The Morgan fingerprint density at radius 1 is 0.684 bits per heavy atom. The number of hydrogen-bond donors (Lipinski definition) is 3. The molecule has 6 N–H and O–H groups in total. The Kier molecular flexibility index (Phi) is 17.3. The van der Waals surface area contributed by atoms with Gasteiger partial charge < -0.3 is 11.2 Å². The van der Waals surface area contributed by atoms with Crippen molar-refractivity contribution < 1.29 is 16.5 Å². The Hall–Kier alpha value is -4.72. The van der Waals surface area contributed by atoms with Crippen LogP contribution in [0.1, 0.15) is 138 Å². The monoisotopic (exact) mass is 775 g/mol. The molecule has 57 heavy (non-hydrogen) atoms. The van der Waals surface area contributed by atoms with Crippen LogP contribution >= 0.6 is 0 Å². The Balaban J connectivity index is 0.000000394. The molecule has 0 bridgehead atoms. The molecule has 308 valence electrons. The minimum atomic E-state index is -0.173. The van der Waals surface area contributed by atoms with Crippen molar-refractivity contribution in [1.29, 1.82) is 11.1 Å². The van der Waals surface area contributed by atoms with E-state index < -0.39 is 0 Å². The molecule has 7 nitrogen and oxygen atoms in total. The van der Waals surface area contributed by atoms with Gasteiger partial charge in [0.15, 0.2) is 0 Å². The minimum Gasteiger partial charge on any atom is -0.412 e. The first-order chi connectivity index (χ1) is 26.7. The van der Waals surface area contributed by atoms with Crippen molar-refractivity contribution in [3.8, 4) is 0 Å².